The number of benzene rings is 1. The fourth-order valence-electron chi connectivity index (χ4n) is 2.07. The number of thiophene rings is 1. The first-order valence-corrected chi connectivity index (χ1v) is 7.89. The summed E-state index contributed by atoms with van der Waals surface area (Å²) in [7, 11) is 0. The molecule has 24 heavy (non-hydrogen) atoms. The van der Waals surface area contributed by atoms with Crippen molar-refractivity contribution in [3.8, 4) is 0 Å². The minimum absolute atomic E-state index is 0.0211. The predicted molar refractivity (Wildman–Crippen MR) is 90.9 cm³/mol. The summed E-state index contributed by atoms with van der Waals surface area (Å²) in [5.41, 5.74) is 10.6. The summed E-state index contributed by atoms with van der Waals surface area (Å²) in [5, 5.41) is 10.8. The number of nitrogens with zero attached hydrogens (tertiary/aromatic N) is 1. The Bertz CT molecular complexity index is 816. The molecule has 0 aliphatic rings. The zero-order valence-electron chi connectivity index (χ0n) is 13.1. The second-order valence-electron chi connectivity index (χ2n) is 5.01. The van der Waals surface area contributed by atoms with E-state index in [1.165, 1.54) is 23.5 Å². The number of carbonyl (C=O) groups excluding carboxylic acids is 2. The van der Waals surface area contributed by atoms with Gasteiger partial charge in [-0.2, -0.15) is 0 Å². The molecule has 0 saturated carbocycles. The molecule has 1 heterocycles. The summed E-state index contributed by atoms with van der Waals surface area (Å²) < 4.78 is 0. The Morgan fingerprint density at radius 1 is 1.25 bits per heavy atom. The van der Waals surface area contributed by atoms with E-state index in [0.717, 1.165) is 22.9 Å². The van der Waals surface area contributed by atoms with Crippen molar-refractivity contribution >= 4 is 34.5 Å². The van der Waals surface area contributed by atoms with Crippen LogP contribution in [0.5, 0.6) is 0 Å². The average molecular weight is 348 g/mol. The Kier molecular flexibility index (Phi) is 5.14. The highest BCUT2D eigenvalue weighted by Gasteiger charge is 2.17. The van der Waals surface area contributed by atoms with E-state index in [0.29, 0.717) is 4.88 Å². The van der Waals surface area contributed by atoms with E-state index < -0.39 is 16.7 Å². The zero-order valence-corrected chi connectivity index (χ0v) is 13.9. The van der Waals surface area contributed by atoms with Crippen molar-refractivity contribution in [3.63, 3.8) is 0 Å². The lowest BCUT2D eigenvalue weighted by molar-refractivity contribution is -0.383. The first-order chi connectivity index (χ1) is 11.3. The summed E-state index contributed by atoms with van der Waals surface area (Å²) in [4.78, 5) is 35.8. The quantitative estimate of drug-likeness (QED) is 0.443. The molecule has 4 N–H and O–H groups in total. The molecule has 2 rings (SSSR count). The van der Waals surface area contributed by atoms with Gasteiger partial charge < -0.3 is 5.73 Å². The van der Waals surface area contributed by atoms with Crippen LogP contribution in [0.4, 0.5) is 11.4 Å². The van der Waals surface area contributed by atoms with Crippen LogP contribution in [0.15, 0.2) is 24.3 Å². The number of nitrogens with two attached hydrogens (primary N) is 1. The maximum absolute atomic E-state index is 12.0. The van der Waals surface area contributed by atoms with Gasteiger partial charge in [-0.05, 0) is 37.1 Å². The minimum Gasteiger partial charge on any atom is -0.393 e. The fourth-order valence-corrected chi connectivity index (χ4v) is 3.08. The lowest BCUT2D eigenvalue weighted by Crippen LogP contribution is -2.41. The Hall–Kier alpha value is -2.94. The maximum Gasteiger partial charge on any atom is 0.292 e. The van der Waals surface area contributed by atoms with Crippen LogP contribution in [0.25, 0.3) is 0 Å². The SMILES string of the molecule is CCc1sc(C(=O)NNC(=O)c2ccc(N)c([N+](=O)[O-])c2)cc1C. The van der Waals surface area contributed by atoms with Crippen molar-refractivity contribution in [2.24, 2.45) is 0 Å². The standard InChI is InChI=1S/C15H16N4O4S/c1-3-12-8(2)6-13(24-12)15(21)18-17-14(20)9-4-5-10(16)11(7-9)19(22)23/h4-7H,3,16H2,1-2H3,(H,17,20)(H,18,21). The number of nitro benzene ring substituents is 1. The van der Waals surface area contributed by atoms with Crippen LogP contribution in [0.1, 0.15) is 37.4 Å². The van der Waals surface area contributed by atoms with Gasteiger partial charge in [0.25, 0.3) is 17.5 Å². The van der Waals surface area contributed by atoms with Crippen LogP contribution >= 0.6 is 11.3 Å². The number of aryl methyl sites for hydroxylation is 2. The normalized spacial score (nSPS) is 10.2. The minimum atomic E-state index is -0.675. The molecule has 0 aliphatic heterocycles. The molecule has 0 bridgehead atoms. The predicted octanol–water partition coefficient (Wildman–Crippen LogP) is 2.18. The zero-order chi connectivity index (χ0) is 17.9. The van der Waals surface area contributed by atoms with E-state index in [9.17, 15) is 19.7 Å². The van der Waals surface area contributed by atoms with Gasteiger partial charge in [-0.15, -0.1) is 11.3 Å². The number of anilines is 1. The molecule has 1 aromatic heterocycles. The molecular formula is C15H16N4O4S. The Morgan fingerprint density at radius 3 is 2.50 bits per heavy atom. The second-order valence-corrected chi connectivity index (χ2v) is 6.15. The smallest absolute Gasteiger partial charge is 0.292 e. The van der Waals surface area contributed by atoms with Gasteiger partial charge in [-0.1, -0.05) is 6.92 Å². The number of hydrazine groups is 1. The van der Waals surface area contributed by atoms with Crippen LogP contribution in [0, 0.1) is 17.0 Å². The number of nitrogens with one attached hydrogen (secondary N) is 2. The number of carbonyl (C=O) groups is 2. The highest BCUT2D eigenvalue weighted by Crippen LogP contribution is 2.23. The van der Waals surface area contributed by atoms with Crippen LogP contribution in [0.2, 0.25) is 0 Å². The van der Waals surface area contributed by atoms with Gasteiger partial charge in [-0.3, -0.25) is 30.6 Å². The molecule has 0 saturated heterocycles. The van der Waals surface area contributed by atoms with E-state index >= 15 is 0 Å². The molecule has 2 amide bonds. The summed E-state index contributed by atoms with van der Waals surface area (Å²) in [6, 6.07) is 5.42. The summed E-state index contributed by atoms with van der Waals surface area (Å²) in [5.74, 6) is -1.11. The number of hydrogen-bond donors (Lipinski definition) is 3. The molecule has 0 spiro atoms. The maximum atomic E-state index is 12.0. The highest BCUT2D eigenvalue weighted by atomic mass is 32.1. The van der Waals surface area contributed by atoms with Crippen molar-refractivity contribution in [2.45, 2.75) is 20.3 Å². The van der Waals surface area contributed by atoms with Crippen LogP contribution in [-0.2, 0) is 6.42 Å². The summed E-state index contributed by atoms with van der Waals surface area (Å²) in [6.07, 6.45) is 0.825. The van der Waals surface area contributed by atoms with Crippen molar-refractivity contribution < 1.29 is 14.5 Å². The number of hydrogen-bond acceptors (Lipinski definition) is 6. The number of rotatable bonds is 4. The first kappa shape index (κ1) is 17.4. The number of nitro groups is 1. The van der Waals surface area contributed by atoms with E-state index in [2.05, 4.69) is 10.9 Å². The van der Waals surface area contributed by atoms with Crippen molar-refractivity contribution in [3.05, 3.63) is 55.3 Å². The molecule has 126 valence electrons. The third-order valence-corrected chi connectivity index (χ3v) is 4.72. The number of amides is 2. The van der Waals surface area contributed by atoms with Gasteiger partial charge in [-0.25, -0.2) is 0 Å². The molecule has 0 unspecified atom stereocenters. The molecule has 0 fully saturated rings. The lowest BCUT2D eigenvalue weighted by Gasteiger charge is -2.06. The van der Waals surface area contributed by atoms with Crippen molar-refractivity contribution in [1.29, 1.82) is 0 Å². The third kappa shape index (κ3) is 3.69. The van der Waals surface area contributed by atoms with E-state index in [1.54, 1.807) is 6.07 Å². The highest BCUT2D eigenvalue weighted by molar-refractivity contribution is 7.14. The molecule has 0 atom stereocenters. The van der Waals surface area contributed by atoms with Gasteiger partial charge in [0.05, 0.1) is 9.80 Å². The Balaban J connectivity index is 2.06. The third-order valence-electron chi connectivity index (χ3n) is 3.34. The fraction of sp³-hybridized carbons (Fsp3) is 0.200. The second kappa shape index (κ2) is 7.09. The molecule has 9 heteroatoms. The van der Waals surface area contributed by atoms with E-state index in [-0.39, 0.29) is 16.9 Å². The Morgan fingerprint density at radius 2 is 1.92 bits per heavy atom. The van der Waals surface area contributed by atoms with Crippen molar-refractivity contribution in [1.82, 2.24) is 10.9 Å². The van der Waals surface area contributed by atoms with E-state index in [4.69, 9.17) is 5.73 Å². The molecule has 8 nitrogen and oxygen atoms in total. The largest absolute Gasteiger partial charge is 0.393 e. The topological polar surface area (TPSA) is 127 Å². The van der Waals surface area contributed by atoms with Gasteiger partial charge in [0.2, 0.25) is 0 Å². The molecule has 0 radical (unpaired) electrons. The Labute approximate surface area is 141 Å². The van der Waals surface area contributed by atoms with Gasteiger partial charge >= 0.3 is 0 Å². The first-order valence-electron chi connectivity index (χ1n) is 7.07. The molecule has 2 aromatic rings. The molecule has 1 aromatic carbocycles. The van der Waals surface area contributed by atoms with Crippen LogP contribution < -0.4 is 16.6 Å². The van der Waals surface area contributed by atoms with Crippen LogP contribution in [-0.4, -0.2) is 16.7 Å². The van der Waals surface area contributed by atoms with Gasteiger partial charge in [0.15, 0.2) is 0 Å². The molecular weight excluding hydrogens is 332 g/mol. The number of nitrogen functional groups attached to an aromatic ring is 1. The lowest BCUT2D eigenvalue weighted by atomic mass is 10.1. The summed E-state index contributed by atoms with van der Waals surface area (Å²) >= 11 is 1.35. The van der Waals surface area contributed by atoms with Crippen LogP contribution in [0.3, 0.4) is 0 Å². The average Bonchev–Trinajstić information content (AvgIpc) is 2.93. The van der Waals surface area contributed by atoms with E-state index in [1.807, 2.05) is 13.8 Å². The summed E-state index contributed by atoms with van der Waals surface area (Å²) in [6.45, 7) is 3.91. The van der Waals surface area contributed by atoms with Crippen molar-refractivity contribution in [2.75, 3.05) is 5.73 Å². The van der Waals surface area contributed by atoms with Gasteiger partial charge in [0, 0.05) is 16.5 Å². The monoisotopic (exact) mass is 348 g/mol. The molecule has 0 aliphatic carbocycles. The van der Waals surface area contributed by atoms with Gasteiger partial charge in [0.1, 0.15) is 5.69 Å².